The molecule has 0 aromatic heterocycles. The summed E-state index contributed by atoms with van der Waals surface area (Å²) in [6.45, 7) is 1.81. The number of hydrogen-bond donors (Lipinski definition) is 2. The van der Waals surface area contributed by atoms with Gasteiger partial charge in [0, 0.05) is 41.7 Å². The van der Waals surface area contributed by atoms with Gasteiger partial charge in [0.1, 0.15) is 0 Å². The van der Waals surface area contributed by atoms with E-state index in [0.29, 0.717) is 11.5 Å². The molecule has 1 radical (unpaired) electrons. The first-order chi connectivity index (χ1) is 12.0. The summed E-state index contributed by atoms with van der Waals surface area (Å²) in [7, 11) is 1.48. The number of nitrogens with one attached hydrogen (secondary N) is 1. The average Bonchev–Trinajstić information content (AvgIpc) is 2.60. The molecule has 1 aromatic carbocycles. The molecule has 1 amide bonds. The third kappa shape index (κ3) is 7.40. The van der Waals surface area contributed by atoms with E-state index in [1.807, 2.05) is 0 Å². The molecular formula is C19H25NNaO5. The molecule has 0 aliphatic heterocycles. The van der Waals surface area contributed by atoms with Crippen LogP contribution in [0.25, 0.3) is 6.08 Å². The molecule has 1 aromatic rings. The van der Waals surface area contributed by atoms with Gasteiger partial charge in [-0.25, -0.2) is 4.79 Å². The maximum atomic E-state index is 12.0. The summed E-state index contributed by atoms with van der Waals surface area (Å²) in [4.78, 5) is 22.6. The molecule has 0 atom stereocenters. The molecule has 6 nitrogen and oxygen atoms in total. The van der Waals surface area contributed by atoms with E-state index in [-0.39, 0.29) is 41.5 Å². The van der Waals surface area contributed by atoms with Gasteiger partial charge in [-0.1, -0.05) is 13.0 Å². The summed E-state index contributed by atoms with van der Waals surface area (Å²) >= 11 is 0. The topological polar surface area (TPSA) is 84.9 Å². The van der Waals surface area contributed by atoms with Crippen LogP contribution in [-0.2, 0) is 9.59 Å². The fourth-order valence-corrected chi connectivity index (χ4v) is 2.87. The van der Waals surface area contributed by atoms with Gasteiger partial charge in [0.05, 0.1) is 7.11 Å². The zero-order chi connectivity index (χ0) is 18.2. The first kappa shape index (κ1) is 22.5. The Balaban J connectivity index is 0.00000338. The number of carboxylic acids is 1. The van der Waals surface area contributed by atoms with Crippen LogP contribution in [0.1, 0.15) is 38.2 Å². The van der Waals surface area contributed by atoms with E-state index in [1.54, 1.807) is 24.3 Å². The second kappa shape index (κ2) is 11.3. The maximum absolute atomic E-state index is 12.0. The van der Waals surface area contributed by atoms with Crippen LogP contribution in [0.15, 0.2) is 24.3 Å². The Morgan fingerprint density at radius 2 is 1.92 bits per heavy atom. The summed E-state index contributed by atoms with van der Waals surface area (Å²) in [6, 6.07) is 5.33. The van der Waals surface area contributed by atoms with Gasteiger partial charge in [-0.2, -0.15) is 0 Å². The van der Waals surface area contributed by atoms with Crippen LogP contribution in [0.2, 0.25) is 0 Å². The number of ether oxygens (including phenoxy) is 2. The first-order valence-electron chi connectivity index (χ1n) is 8.49. The van der Waals surface area contributed by atoms with Crippen molar-refractivity contribution < 1.29 is 24.2 Å². The Hall–Kier alpha value is -1.50. The van der Waals surface area contributed by atoms with Crippen LogP contribution in [0.3, 0.4) is 0 Å². The molecule has 0 heterocycles. The van der Waals surface area contributed by atoms with Crippen molar-refractivity contribution in [1.82, 2.24) is 5.32 Å². The largest absolute Gasteiger partial charge is 0.493 e. The van der Waals surface area contributed by atoms with Gasteiger partial charge in [-0.05, 0) is 55.4 Å². The summed E-state index contributed by atoms with van der Waals surface area (Å²) in [5, 5.41) is 11.7. The molecule has 1 aliphatic carbocycles. The molecule has 0 unspecified atom stereocenters. The number of carbonyl (C=O) groups excluding carboxylic acids is 1. The van der Waals surface area contributed by atoms with Gasteiger partial charge in [0.15, 0.2) is 18.1 Å². The standard InChI is InChI=1S/C19H25NO5.Na/c1-13-3-7-15(8-4-13)20-18(21)10-6-14-5-9-16(17(11-14)24-2)25-12-19(22)23;/h5-6,9-11,13,15H,3-4,7-8,12H2,1-2H3,(H,20,21)(H,22,23);. The minimum absolute atomic E-state index is 0. The van der Waals surface area contributed by atoms with E-state index in [4.69, 9.17) is 14.6 Å². The normalized spacial score (nSPS) is 19.5. The van der Waals surface area contributed by atoms with Crippen LogP contribution in [0.5, 0.6) is 11.5 Å². The average molecular weight is 370 g/mol. The number of amides is 1. The third-order valence-electron chi connectivity index (χ3n) is 4.33. The van der Waals surface area contributed by atoms with Gasteiger partial charge >= 0.3 is 5.97 Å². The van der Waals surface area contributed by atoms with Gasteiger partial charge in [-0.3, -0.25) is 4.79 Å². The van der Waals surface area contributed by atoms with Crippen LogP contribution in [0, 0.1) is 5.92 Å². The van der Waals surface area contributed by atoms with Gasteiger partial charge < -0.3 is 19.9 Å². The zero-order valence-corrected chi connectivity index (χ0v) is 17.7. The van der Waals surface area contributed by atoms with Crippen LogP contribution in [-0.4, -0.2) is 66.3 Å². The molecular weight excluding hydrogens is 345 g/mol. The number of aliphatic carboxylic acids is 1. The molecule has 0 bridgehead atoms. The Kier molecular flexibility index (Phi) is 9.76. The van der Waals surface area contributed by atoms with Crippen LogP contribution in [0.4, 0.5) is 0 Å². The van der Waals surface area contributed by atoms with Crippen molar-refractivity contribution in [3.63, 3.8) is 0 Å². The number of carbonyl (C=O) groups is 2. The Labute approximate surface area is 176 Å². The van der Waals surface area contributed by atoms with E-state index in [0.717, 1.165) is 37.2 Å². The number of hydrogen-bond acceptors (Lipinski definition) is 4. The molecule has 137 valence electrons. The second-order valence-electron chi connectivity index (χ2n) is 6.39. The molecule has 26 heavy (non-hydrogen) atoms. The van der Waals surface area contributed by atoms with E-state index in [2.05, 4.69) is 12.2 Å². The Morgan fingerprint density at radius 1 is 1.23 bits per heavy atom. The van der Waals surface area contributed by atoms with E-state index < -0.39 is 12.6 Å². The SMILES string of the molecule is COc1cc(C=CC(=O)NC2CCC(C)CC2)ccc1OCC(=O)O.[Na]. The van der Waals surface area contributed by atoms with E-state index in [9.17, 15) is 9.59 Å². The molecule has 1 aliphatic rings. The predicted octanol–water partition coefficient (Wildman–Crippen LogP) is 2.49. The Bertz CT molecular complexity index is 639. The smallest absolute Gasteiger partial charge is 0.341 e. The number of carboxylic acid groups (broad SMARTS) is 1. The van der Waals surface area contributed by atoms with Gasteiger partial charge in [0.25, 0.3) is 0 Å². The molecule has 1 fully saturated rings. The molecule has 0 spiro atoms. The van der Waals surface area contributed by atoms with E-state index in [1.165, 1.54) is 13.2 Å². The minimum atomic E-state index is -1.06. The quantitative estimate of drug-likeness (QED) is 0.569. The van der Waals surface area contributed by atoms with Crippen molar-refractivity contribution >= 4 is 47.5 Å². The number of benzene rings is 1. The predicted molar refractivity (Wildman–Crippen MR) is 100 cm³/mol. The molecule has 1 saturated carbocycles. The zero-order valence-electron chi connectivity index (χ0n) is 15.7. The summed E-state index contributed by atoms with van der Waals surface area (Å²) in [5.74, 6) is 0.357. The number of methoxy groups -OCH3 is 1. The monoisotopic (exact) mass is 370 g/mol. The van der Waals surface area contributed by atoms with Crippen molar-refractivity contribution in [3.05, 3.63) is 29.8 Å². The fraction of sp³-hybridized carbons (Fsp3) is 0.474. The van der Waals surface area contributed by atoms with Crippen LogP contribution >= 0.6 is 0 Å². The maximum Gasteiger partial charge on any atom is 0.341 e. The van der Waals surface area contributed by atoms with Crippen molar-refractivity contribution in [1.29, 1.82) is 0 Å². The van der Waals surface area contributed by atoms with Crippen molar-refractivity contribution in [2.45, 2.75) is 38.6 Å². The van der Waals surface area contributed by atoms with Gasteiger partial charge in [-0.15, -0.1) is 0 Å². The van der Waals surface area contributed by atoms with Crippen molar-refractivity contribution in [2.75, 3.05) is 13.7 Å². The third-order valence-corrected chi connectivity index (χ3v) is 4.33. The second-order valence-corrected chi connectivity index (χ2v) is 6.39. The first-order valence-corrected chi connectivity index (χ1v) is 8.49. The van der Waals surface area contributed by atoms with Crippen molar-refractivity contribution in [3.8, 4) is 11.5 Å². The molecule has 7 heteroatoms. The minimum Gasteiger partial charge on any atom is -0.493 e. The fourth-order valence-electron chi connectivity index (χ4n) is 2.87. The van der Waals surface area contributed by atoms with Crippen molar-refractivity contribution in [2.24, 2.45) is 5.92 Å². The molecule has 2 N–H and O–H groups in total. The summed E-state index contributed by atoms with van der Waals surface area (Å²) in [5.41, 5.74) is 0.770. The summed E-state index contributed by atoms with van der Waals surface area (Å²) in [6.07, 6.45) is 7.58. The number of rotatable bonds is 7. The van der Waals surface area contributed by atoms with Gasteiger partial charge in [0.2, 0.25) is 5.91 Å². The molecule has 0 saturated heterocycles. The summed E-state index contributed by atoms with van der Waals surface area (Å²) < 4.78 is 10.4. The Morgan fingerprint density at radius 3 is 2.54 bits per heavy atom. The van der Waals surface area contributed by atoms with Crippen LogP contribution < -0.4 is 14.8 Å². The van der Waals surface area contributed by atoms with E-state index >= 15 is 0 Å². The molecule has 2 rings (SSSR count).